The summed E-state index contributed by atoms with van der Waals surface area (Å²) in [4.78, 5) is 10.6. The zero-order valence-corrected chi connectivity index (χ0v) is 16.9. The molecule has 2 fully saturated rings. The molecular weight excluding hydrogens is 374 g/mol. The molecule has 2 aliphatic rings. The maximum atomic E-state index is 12.6. The minimum Gasteiger partial charge on any atom is -0.481 e. The highest BCUT2D eigenvalue weighted by Gasteiger charge is 2.47. The first-order valence-corrected chi connectivity index (χ1v) is 11.6. The van der Waals surface area contributed by atoms with Gasteiger partial charge in [-0.05, 0) is 67.9 Å². The number of rotatable bonds is 10. The van der Waals surface area contributed by atoms with Gasteiger partial charge in [-0.3, -0.25) is 4.79 Å². The Hall–Kier alpha value is -1.92. The second-order valence-electron chi connectivity index (χ2n) is 7.89. The van der Waals surface area contributed by atoms with Crippen molar-refractivity contribution in [3.8, 4) is 0 Å². The molecule has 2 aliphatic carbocycles. The smallest absolute Gasteiger partial charge is 0.303 e. The molecule has 0 aromatic heterocycles. The highest BCUT2D eigenvalue weighted by Crippen LogP contribution is 2.50. The van der Waals surface area contributed by atoms with Gasteiger partial charge in [-0.1, -0.05) is 42.5 Å². The number of unbranched alkanes of at least 4 members (excludes halogenated alkanes) is 1. The van der Waals surface area contributed by atoms with Crippen molar-refractivity contribution in [1.29, 1.82) is 0 Å². The third-order valence-electron chi connectivity index (χ3n) is 5.96. The number of carboxylic acids is 1. The molecule has 1 aromatic rings. The molecule has 5 nitrogen and oxygen atoms in total. The van der Waals surface area contributed by atoms with Crippen LogP contribution in [0.4, 0.5) is 0 Å². The van der Waals surface area contributed by atoms with Crippen LogP contribution in [0.3, 0.4) is 0 Å². The highest BCUT2D eigenvalue weighted by molar-refractivity contribution is 7.92. The summed E-state index contributed by atoms with van der Waals surface area (Å²) in [6, 6.07) is 9.42. The van der Waals surface area contributed by atoms with Gasteiger partial charge in [-0.25, -0.2) is 13.1 Å². The highest BCUT2D eigenvalue weighted by atomic mass is 32.2. The van der Waals surface area contributed by atoms with Gasteiger partial charge in [0.15, 0.2) is 0 Å². The Kier molecular flexibility index (Phi) is 7.08. The van der Waals surface area contributed by atoms with Crippen molar-refractivity contribution in [2.75, 3.05) is 0 Å². The zero-order chi connectivity index (χ0) is 20.0. The molecule has 1 aromatic carbocycles. The molecule has 2 saturated carbocycles. The summed E-state index contributed by atoms with van der Waals surface area (Å²) in [5.41, 5.74) is 0.863. The van der Waals surface area contributed by atoms with Crippen molar-refractivity contribution >= 4 is 22.1 Å². The summed E-state index contributed by atoms with van der Waals surface area (Å²) in [7, 11) is -3.49. The largest absolute Gasteiger partial charge is 0.481 e. The van der Waals surface area contributed by atoms with Crippen LogP contribution in [-0.4, -0.2) is 25.5 Å². The van der Waals surface area contributed by atoms with Crippen LogP contribution in [0.5, 0.6) is 0 Å². The van der Waals surface area contributed by atoms with Crippen molar-refractivity contribution in [2.24, 2.45) is 17.8 Å². The first-order valence-electron chi connectivity index (χ1n) is 10.1. The van der Waals surface area contributed by atoms with E-state index in [0.717, 1.165) is 31.2 Å². The summed E-state index contributed by atoms with van der Waals surface area (Å²) in [6.45, 7) is 0. The number of aliphatic carboxylic acids is 1. The minimum atomic E-state index is -3.49. The average Bonchev–Trinajstić information content (AvgIpc) is 3.26. The van der Waals surface area contributed by atoms with Crippen LogP contribution in [0.15, 0.2) is 47.9 Å². The zero-order valence-electron chi connectivity index (χ0n) is 16.0. The van der Waals surface area contributed by atoms with Crippen molar-refractivity contribution in [3.63, 3.8) is 0 Å². The lowest BCUT2D eigenvalue weighted by atomic mass is 9.83. The number of hydrogen-bond donors (Lipinski definition) is 2. The van der Waals surface area contributed by atoms with Gasteiger partial charge in [0.2, 0.25) is 10.0 Å². The van der Waals surface area contributed by atoms with E-state index in [-0.39, 0.29) is 12.5 Å². The van der Waals surface area contributed by atoms with E-state index in [1.165, 1.54) is 11.8 Å². The lowest BCUT2D eigenvalue weighted by molar-refractivity contribution is -0.137. The van der Waals surface area contributed by atoms with Crippen LogP contribution in [0, 0.1) is 17.8 Å². The molecule has 3 rings (SSSR count). The van der Waals surface area contributed by atoms with E-state index in [2.05, 4.69) is 10.8 Å². The topological polar surface area (TPSA) is 83.5 Å². The maximum absolute atomic E-state index is 12.6. The Labute approximate surface area is 167 Å². The number of hydrogen-bond acceptors (Lipinski definition) is 3. The quantitative estimate of drug-likeness (QED) is 0.453. The molecule has 152 valence electrons. The fourth-order valence-corrected chi connectivity index (χ4v) is 5.80. The standard InChI is InChI=1S/C22H29NO4S/c24-21(25)11-7-2-1-6-10-20-18-12-13-19(16-18)22(20)23-28(26,27)15-14-17-8-4-3-5-9-17/h1,3-6,8-9,14-15,18-20,22-23H,2,7,10-13,16H2,(H,24,25)/b6-1-,15-14+/t18-,19+,20+,22?/m1/s1. The number of carboxylic acid groups (broad SMARTS) is 1. The molecule has 4 atom stereocenters. The van der Waals surface area contributed by atoms with E-state index in [1.54, 1.807) is 6.08 Å². The molecule has 28 heavy (non-hydrogen) atoms. The van der Waals surface area contributed by atoms with Crippen LogP contribution in [0.2, 0.25) is 0 Å². The Morgan fingerprint density at radius 1 is 1.14 bits per heavy atom. The monoisotopic (exact) mass is 403 g/mol. The Balaban J connectivity index is 1.57. The van der Waals surface area contributed by atoms with Crippen LogP contribution < -0.4 is 4.72 Å². The first kappa shape index (κ1) is 20.8. The molecule has 0 amide bonds. The van der Waals surface area contributed by atoms with E-state index in [0.29, 0.717) is 24.2 Å². The van der Waals surface area contributed by atoms with E-state index < -0.39 is 16.0 Å². The predicted octanol–water partition coefficient (Wildman–Crippen LogP) is 4.19. The number of sulfonamides is 1. The Morgan fingerprint density at radius 2 is 1.89 bits per heavy atom. The molecular formula is C22H29NO4S. The minimum absolute atomic E-state index is 0.00663. The van der Waals surface area contributed by atoms with Gasteiger partial charge < -0.3 is 5.11 Å². The summed E-state index contributed by atoms with van der Waals surface area (Å²) < 4.78 is 28.1. The van der Waals surface area contributed by atoms with Gasteiger partial charge in [0.1, 0.15) is 0 Å². The number of nitrogens with one attached hydrogen (secondary N) is 1. The summed E-state index contributed by atoms with van der Waals surface area (Å²) in [5.74, 6) is 0.573. The average molecular weight is 404 g/mol. The number of fused-ring (bicyclic) bond motifs is 2. The second kappa shape index (κ2) is 9.52. The van der Waals surface area contributed by atoms with Gasteiger partial charge in [-0.2, -0.15) is 0 Å². The maximum Gasteiger partial charge on any atom is 0.303 e. The van der Waals surface area contributed by atoms with E-state index in [9.17, 15) is 13.2 Å². The number of carbonyl (C=O) groups is 1. The van der Waals surface area contributed by atoms with Gasteiger partial charge in [0.05, 0.1) is 0 Å². The normalized spacial score (nSPS) is 27.1. The molecule has 0 aliphatic heterocycles. The van der Waals surface area contributed by atoms with Crippen LogP contribution in [0.25, 0.3) is 6.08 Å². The van der Waals surface area contributed by atoms with Gasteiger partial charge >= 0.3 is 5.97 Å². The first-order chi connectivity index (χ1) is 13.4. The number of benzene rings is 1. The predicted molar refractivity (Wildman–Crippen MR) is 111 cm³/mol. The molecule has 0 spiro atoms. The SMILES string of the molecule is O=C(O)CCC/C=C\C[C@@H]1C(NS(=O)(=O)/C=C/c2ccccc2)[C@H]2CC[C@@H]1C2. The molecule has 0 radical (unpaired) electrons. The van der Waals surface area contributed by atoms with Crippen molar-refractivity contribution in [1.82, 2.24) is 4.72 Å². The fraction of sp³-hybridized carbons (Fsp3) is 0.500. The Bertz CT molecular complexity index is 816. The summed E-state index contributed by atoms with van der Waals surface area (Å²) >= 11 is 0. The summed E-state index contributed by atoms with van der Waals surface area (Å²) in [6.07, 6.45) is 11.6. The second-order valence-corrected chi connectivity index (χ2v) is 9.49. The van der Waals surface area contributed by atoms with Crippen molar-refractivity contribution in [3.05, 3.63) is 53.5 Å². The lowest BCUT2D eigenvalue weighted by Crippen LogP contribution is -2.43. The molecule has 2 N–H and O–H groups in total. The molecule has 6 heteroatoms. The lowest BCUT2D eigenvalue weighted by Gasteiger charge is -2.30. The van der Waals surface area contributed by atoms with E-state index in [4.69, 9.17) is 5.11 Å². The van der Waals surface area contributed by atoms with Crippen molar-refractivity contribution < 1.29 is 18.3 Å². The third kappa shape index (κ3) is 5.79. The Morgan fingerprint density at radius 3 is 2.64 bits per heavy atom. The van der Waals surface area contributed by atoms with Crippen LogP contribution >= 0.6 is 0 Å². The molecule has 0 saturated heterocycles. The molecule has 0 heterocycles. The summed E-state index contributed by atoms with van der Waals surface area (Å²) in [5, 5.41) is 9.95. The third-order valence-corrected chi connectivity index (χ3v) is 7.06. The van der Waals surface area contributed by atoms with Crippen LogP contribution in [0.1, 0.15) is 50.5 Å². The van der Waals surface area contributed by atoms with Gasteiger partial charge in [-0.15, -0.1) is 0 Å². The van der Waals surface area contributed by atoms with E-state index in [1.807, 2.05) is 36.4 Å². The van der Waals surface area contributed by atoms with E-state index >= 15 is 0 Å². The fourth-order valence-electron chi connectivity index (χ4n) is 4.64. The molecule has 1 unspecified atom stereocenters. The number of allylic oxidation sites excluding steroid dienone is 2. The van der Waals surface area contributed by atoms with Gasteiger partial charge in [0.25, 0.3) is 0 Å². The van der Waals surface area contributed by atoms with Crippen LogP contribution in [-0.2, 0) is 14.8 Å². The van der Waals surface area contributed by atoms with Gasteiger partial charge in [0, 0.05) is 17.9 Å². The molecule has 2 bridgehead atoms. The van der Waals surface area contributed by atoms with Crippen molar-refractivity contribution in [2.45, 2.75) is 51.0 Å².